The number of nitrogens with one attached hydrogen (secondary N) is 3. The van der Waals surface area contributed by atoms with Gasteiger partial charge in [-0.1, -0.05) is 32.0 Å². The van der Waals surface area contributed by atoms with Gasteiger partial charge in [-0.05, 0) is 73.5 Å². The van der Waals surface area contributed by atoms with Gasteiger partial charge in [0.15, 0.2) is 0 Å². The van der Waals surface area contributed by atoms with E-state index in [1.165, 1.54) is 0 Å². The summed E-state index contributed by atoms with van der Waals surface area (Å²) in [6.07, 6.45) is 1.13. The van der Waals surface area contributed by atoms with Gasteiger partial charge < -0.3 is 25.4 Å². The van der Waals surface area contributed by atoms with Crippen molar-refractivity contribution in [3.8, 4) is 5.75 Å². The number of hydrogen-bond donors (Lipinski definition) is 3. The molecule has 200 valence electrons. The molecule has 0 aliphatic rings. The first-order chi connectivity index (χ1) is 19.0. The van der Waals surface area contributed by atoms with Crippen LogP contribution in [0.25, 0.3) is 0 Å². The number of esters is 2. The van der Waals surface area contributed by atoms with Crippen LogP contribution in [-0.2, 0) is 16.0 Å². The zero-order valence-electron chi connectivity index (χ0n) is 22.0. The maximum absolute atomic E-state index is 12.0. The molecule has 3 N–H and O–H groups in total. The second-order valence-corrected chi connectivity index (χ2v) is 8.34. The summed E-state index contributed by atoms with van der Waals surface area (Å²) >= 11 is 0. The number of benzene rings is 3. The monoisotopic (exact) mass is 526 g/mol. The number of carbonyl (C=O) groups is 2. The van der Waals surface area contributed by atoms with Crippen molar-refractivity contribution in [2.24, 2.45) is 0 Å². The predicted molar refractivity (Wildman–Crippen MR) is 150 cm³/mol. The predicted octanol–water partition coefficient (Wildman–Crippen LogP) is 6.16. The van der Waals surface area contributed by atoms with Gasteiger partial charge in [-0.15, -0.1) is 0 Å². The van der Waals surface area contributed by atoms with E-state index in [1.807, 2.05) is 24.3 Å². The van der Waals surface area contributed by atoms with Gasteiger partial charge >= 0.3 is 11.9 Å². The second kappa shape index (κ2) is 13.0. The van der Waals surface area contributed by atoms with Crippen LogP contribution in [0, 0.1) is 0 Å². The summed E-state index contributed by atoms with van der Waals surface area (Å²) in [7, 11) is 0. The van der Waals surface area contributed by atoms with E-state index in [0.29, 0.717) is 53.6 Å². The number of ether oxygens (including phenoxy) is 2. The Morgan fingerprint density at radius 1 is 0.718 bits per heavy atom. The Labute approximate surface area is 226 Å². The van der Waals surface area contributed by atoms with Gasteiger partial charge in [0, 0.05) is 23.5 Å². The van der Waals surface area contributed by atoms with Crippen molar-refractivity contribution < 1.29 is 19.1 Å². The molecule has 0 fully saturated rings. The van der Waals surface area contributed by atoms with Crippen molar-refractivity contribution in [2.45, 2.75) is 33.6 Å². The molecular weight excluding hydrogens is 496 g/mol. The van der Waals surface area contributed by atoms with Crippen molar-refractivity contribution >= 4 is 46.8 Å². The molecule has 4 rings (SSSR count). The molecule has 3 aromatic carbocycles. The molecule has 1 heterocycles. The van der Waals surface area contributed by atoms with Gasteiger partial charge in [-0.3, -0.25) is 4.79 Å². The highest BCUT2D eigenvalue weighted by Gasteiger charge is 2.11. The van der Waals surface area contributed by atoms with E-state index < -0.39 is 0 Å². The molecule has 0 spiro atoms. The lowest BCUT2D eigenvalue weighted by molar-refractivity contribution is -0.134. The normalized spacial score (nSPS) is 10.4. The molecule has 0 unspecified atom stereocenters. The van der Waals surface area contributed by atoms with Gasteiger partial charge in [0.05, 0.1) is 12.2 Å². The Balaban J connectivity index is 1.59. The largest absolute Gasteiger partial charge is 0.462 e. The van der Waals surface area contributed by atoms with Gasteiger partial charge in [-0.2, -0.15) is 15.0 Å². The zero-order valence-corrected chi connectivity index (χ0v) is 22.0. The molecule has 0 amide bonds. The molecule has 0 aliphatic carbocycles. The van der Waals surface area contributed by atoms with Crippen molar-refractivity contribution in [1.29, 1.82) is 0 Å². The Morgan fingerprint density at radius 3 is 1.85 bits per heavy atom. The highest BCUT2D eigenvalue weighted by atomic mass is 16.5. The first kappa shape index (κ1) is 27.1. The molecule has 10 nitrogen and oxygen atoms in total. The smallest absolute Gasteiger partial charge is 0.338 e. The quantitative estimate of drug-likeness (QED) is 0.154. The molecule has 0 aliphatic heterocycles. The lowest BCUT2D eigenvalue weighted by Gasteiger charge is -2.13. The van der Waals surface area contributed by atoms with Crippen molar-refractivity contribution in [1.82, 2.24) is 15.0 Å². The fourth-order valence-electron chi connectivity index (χ4n) is 3.59. The lowest BCUT2D eigenvalue weighted by Crippen LogP contribution is -2.08. The summed E-state index contributed by atoms with van der Waals surface area (Å²) in [5.41, 5.74) is 3.84. The van der Waals surface area contributed by atoms with Crippen LogP contribution in [0.15, 0.2) is 72.8 Å². The highest BCUT2D eigenvalue weighted by Crippen LogP contribution is 2.24. The van der Waals surface area contributed by atoms with E-state index in [1.54, 1.807) is 62.4 Å². The van der Waals surface area contributed by atoms with Crippen LogP contribution >= 0.6 is 0 Å². The second-order valence-electron chi connectivity index (χ2n) is 8.34. The number of rotatable bonds is 11. The minimum atomic E-state index is -0.382. The maximum atomic E-state index is 12.0. The first-order valence-electron chi connectivity index (χ1n) is 12.7. The van der Waals surface area contributed by atoms with E-state index in [0.717, 1.165) is 17.7 Å². The Kier molecular flexibility index (Phi) is 9.02. The third-order valence-corrected chi connectivity index (χ3v) is 5.56. The van der Waals surface area contributed by atoms with Crippen molar-refractivity contribution in [3.63, 3.8) is 0 Å². The number of aryl methyl sites for hydroxylation is 1. The van der Waals surface area contributed by atoms with Gasteiger partial charge in [0.1, 0.15) is 5.75 Å². The topological polar surface area (TPSA) is 127 Å². The molecule has 0 bridgehead atoms. The Bertz CT molecular complexity index is 1420. The van der Waals surface area contributed by atoms with E-state index in [2.05, 4.69) is 37.8 Å². The summed E-state index contributed by atoms with van der Waals surface area (Å²) in [4.78, 5) is 37.2. The molecule has 0 saturated heterocycles. The van der Waals surface area contributed by atoms with E-state index in [9.17, 15) is 9.59 Å². The molecule has 0 atom stereocenters. The highest BCUT2D eigenvalue weighted by molar-refractivity contribution is 5.89. The number of para-hydroxylation sites is 1. The molecule has 0 saturated carbocycles. The SMILES string of the molecule is CCOC(=O)c1ccc(Nc2nc(Nc3ccc(OC(=O)CC)cc3)nc(Nc3ccccc3CC)n2)cc1. The minimum Gasteiger partial charge on any atom is -0.462 e. The number of aromatic nitrogens is 3. The van der Waals surface area contributed by atoms with Crippen LogP contribution < -0.4 is 20.7 Å². The fraction of sp³-hybridized carbons (Fsp3) is 0.207. The third-order valence-electron chi connectivity index (χ3n) is 5.56. The zero-order chi connectivity index (χ0) is 27.6. The Hall–Kier alpha value is -4.99. The standard InChI is InChI=1S/C29H30N6O4/c1-4-19-9-7-8-10-24(19)32-29-34-27(30-21-13-11-20(12-14-21)26(37)38-6-3)33-28(35-29)31-22-15-17-23(18-16-22)39-25(36)5-2/h7-18H,4-6H2,1-3H3,(H3,30,31,32,33,34,35). The molecular formula is C29H30N6O4. The van der Waals surface area contributed by atoms with Crippen LogP contribution in [0.4, 0.5) is 34.9 Å². The van der Waals surface area contributed by atoms with Gasteiger partial charge in [0.2, 0.25) is 17.8 Å². The summed E-state index contributed by atoms with van der Waals surface area (Å²) < 4.78 is 10.3. The van der Waals surface area contributed by atoms with Crippen molar-refractivity contribution in [3.05, 3.63) is 83.9 Å². The average Bonchev–Trinajstić information content (AvgIpc) is 2.95. The average molecular weight is 527 g/mol. The van der Waals surface area contributed by atoms with E-state index in [4.69, 9.17) is 9.47 Å². The van der Waals surface area contributed by atoms with Gasteiger partial charge in [-0.25, -0.2) is 4.79 Å². The number of carbonyl (C=O) groups excluding carboxylic acids is 2. The minimum absolute atomic E-state index is 0.293. The van der Waals surface area contributed by atoms with Crippen LogP contribution in [0.2, 0.25) is 0 Å². The maximum Gasteiger partial charge on any atom is 0.338 e. The van der Waals surface area contributed by atoms with Crippen LogP contribution in [0.1, 0.15) is 43.1 Å². The number of nitrogens with zero attached hydrogens (tertiary/aromatic N) is 3. The molecule has 1 aromatic heterocycles. The lowest BCUT2D eigenvalue weighted by atomic mass is 10.1. The van der Waals surface area contributed by atoms with E-state index in [-0.39, 0.29) is 11.9 Å². The van der Waals surface area contributed by atoms with Crippen molar-refractivity contribution in [2.75, 3.05) is 22.6 Å². The summed E-state index contributed by atoms with van der Waals surface area (Å²) in [6.45, 7) is 5.89. The van der Waals surface area contributed by atoms with Crippen LogP contribution in [0.3, 0.4) is 0 Å². The molecule has 10 heteroatoms. The molecule has 4 aromatic rings. The van der Waals surface area contributed by atoms with E-state index >= 15 is 0 Å². The fourth-order valence-corrected chi connectivity index (χ4v) is 3.59. The first-order valence-corrected chi connectivity index (χ1v) is 12.7. The van der Waals surface area contributed by atoms with Crippen LogP contribution in [-0.4, -0.2) is 33.5 Å². The number of anilines is 6. The van der Waals surface area contributed by atoms with Gasteiger partial charge in [0.25, 0.3) is 0 Å². The molecule has 39 heavy (non-hydrogen) atoms. The van der Waals surface area contributed by atoms with Crippen LogP contribution in [0.5, 0.6) is 5.75 Å². The summed E-state index contributed by atoms with van der Waals surface area (Å²) in [6, 6.07) is 21.7. The molecule has 0 radical (unpaired) electrons. The number of hydrogen-bond acceptors (Lipinski definition) is 10. The summed E-state index contributed by atoms with van der Waals surface area (Å²) in [5, 5.41) is 9.63. The summed E-state index contributed by atoms with van der Waals surface area (Å²) in [5.74, 6) is 0.698. The third kappa shape index (κ3) is 7.51. The Morgan fingerprint density at radius 2 is 1.28 bits per heavy atom.